The van der Waals surface area contributed by atoms with Gasteiger partial charge < -0.3 is 9.73 Å². The van der Waals surface area contributed by atoms with Crippen LogP contribution in [-0.4, -0.2) is 6.54 Å². The lowest BCUT2D eigenvalue weighted by molar-refractivity contribution is 0.451. The monoisotopic (exact) mass is 293 g/mol. The van der Waals surface area contributed by atoms with Crippen LogP contribution in [0.4, 0.5) is 0 Å². The SMILES string of the molecule is CCNC(c1ccco1)c1cc(C)ccc1Br. The minimum absolute atomic E-state index is 0.101. The van der Waals surface area contributed by atoms with Crippen molar-refractivity contribution in [3.63, 3.8) is 0 Å². The molecule has 0 bridgehead atoms. The average Bonchev–Trinajstić information content (AvgIpc) is 2.83. The Morgan fingerprint density at radius 2 is 2.18 bits per heavy atom. The van der Waals surface area contributed by atoms with Gasteiger partial charge in [0.1, 0.15) is 5.76 Å². The van der Waals surface area contributed by atoms with Gasteiger partial charge in [-0.2, -0.15) is 0 Å². The highest BCUT2D eigenvalue weighted by atomic mass is 79.9. The first-order valence-corrected chi connectivity index (χ1v) is 6.54. The Balaban J connectivity index is 2.42. The molecule has 1 heterocycles. The Kier molecular flexibility index (Phi) is 4.02. The molecule has 3 heteroatoms. The Morgan fingerprint density at radius 3 is 2.82 bits per heavy atom. The van der Waals surface area contributed by atoms with Gasteiger partial charge in [0, 0.05) is 4.47 Å². The van der Waals surface area contributed by atoms with Crippen molar-refractivity contribution < 1.29 is 4.42 Å². The van der Waals surface area contributed by atoms with E-state index in [2.05, 4.69) is 53.3 Å². The molecule has 1 unspecified atom stereocenters. The molecule has 17 heavy (non-hydrogen) atoms. The largest absolute Gasteiger partial charge is 0.467 e. The summed E-state index contributed by atoms with van der Waals surface area (Å²) in [5.74, 6) is 0.943. The van der Waals surface area contributed by atoms with Crippen LogP contribution in [0.5, 0.6) is 0 Å². The first-order chi connectivity index (χ1) is 8.22. The van der Waals surface area contributed by atoms with Crippen LogP contribution in [0.15, 0.2) is 45.5 Å². The molecule has 1 atom stereocenters. The molecule has 0 fully saturated rings. The summed E-state index contributed by atoms with van der Waals surface area (Å²) >= 11 is 3.60. The van der Waals surface area contributed by atoms with Crippen LogP contribution in [0.3, 0.4) is 0 Å². The van der Waals surface area contributed by atoms with Crippen molar-refractivity contribution in [3.8, 4) is 0 Å². The van der Waals surface area contributed by atoms with Crippen LogP contribution in [0.2, 0.25) is 0 Å². The molecule has 0 aliphatic heterocycles. The van der Waals surface area contributed by atoms with Crippen LogP contribution in [-0.2, 0) is 0 Å². The number of hydrogen-bond acceptors (Lipinski definition) is 2. The Bertz CT molecular complexity index is 479. The standard InChI is InChI=1S/C14H16BrNO/c1-3-16-14(13-5-4-8-17-13)11-9-10(2)6-7-12(11)15/h4-9,14,16H,3H2,1-2H3. The summed E-state index contributed by atoms with van der Waals surface area (Å²) in [6, 6.07) is 10.4. The highest BCUT2D eigenvalue weighted by Gasteiger charge is 2.18. The maximum Gasteiger partial charge on any atom is 0.125 e. The first-order valence-electron chi connectivity index (χ1n) is 5.75. The van der Waals surface area contributed by atoms with Crippen molar-refractivity contribution in [2.75, 3.05) is 6.54 Å². The fourth-order valence-corrected chi connectivity index (χ4v) is 2.38. The maximum atomic E-state index is 5.51. The second-order valence-electron chi connectivity index (χ2n) is 4.03. The van der Waals surface area contributed by atoms with Gasteiger partial charge in [-0.15, -0.1) is 0 Å². The lowest BCUT2D eigenvalue weighted by atomic mass is 10.0. The fraction of sp³-hybridized carbons (Fsp3) is 0.286. The van der Waals surface area contributed by atoms with Gasteiger partial charge in [-0.3, -0.25) is 0 Å². The number of hydrogen-bond donors (Lipinski definition) is 1. The van der Waals surface area contributed by atoms with E-state index >= 15 is 0 Å². The van der Waals surface area contributed by atoms with Crippen LogP contribution in [0.1, 0.15) is 29.9 Å². The number of halogens is 1. The van der Waals surface area contributed by atoms with E-state index < -0.39 is 0 Å². The lowest BCUT2D eigenvalue weighted by Gasteiger charge is -2.18. The molecule has 2 nitrogen and oxygen atoms in total. The molecular weight excluding hydrogens is 278 g/mol. The van der Waals surface area contributed by atoms with Gasteiger partial charge in [-0.05, 0) is 37.2 Å². The molecule has 0 aliphatic carbocycles. The molecule has 0 spiro atoms. The third-order valence-electron chi connectivity index (χ3n) is 2.70. The van der Waals surface area contributed by atoms with E-state index in [-0.39, 0.29) is 6.04 Å². The Labute approximate surface area is 110 Å². The maximum absolute atomic E-state index is 5.51. The summed E-state index contributed by atoms with van der Waals surface area (Å²) in [4.78, 5) is 0. The van der Waals surface area contributed by atoms with Gasteiger partial charge in [0.25, 0.3) is 0 Å². The Morgan fingerprint density at radius 1 is 1.35 bits per heavy atom. The number of nitrogens with one attached hydrogen (secondary N) is 1. The van der Waals surface area contributed by atoms with Crippen molar-refractivity contribution in [3.05, 3.63) is 58.0 Å². The molecular formula is C14H16BrNO. The zero-order chi connectivity index (χ0) is 12.3. The van der Waals surface area contributed by atoms with Crippen molar-refractivity contribution >= 4 is 15.9 Å². The highest BCUT2D eigenvalue weighted by Crippen LogP contribution is 2.29. The number of benzene rings is 1. The second-order valence-corrected chi connectivity index (χ2v) is 4.89. The van der Waals surface area contributed by atoms with Gasteiger partial charge in [0.2, 0.25) is 0 Å². The quantitative estimate of drug-likeness (QED) is 0.920. The number of aryl methyl sites for hydroxylation is 1. The van der Waals surface area contributed by atoms with Gasteiger partial charge in [-0.1, -0.05) is 40.5 Å². The smallest absolute Gasteiger partial charge is 0.125 e. The van der Waals surface area contributed by atoms with Crippen molar-refractivity contribution in [2.24, 2.45) is 0 Å². The van der Waals surface area contributed by atoms with Crippen LogP contribution in [0.25, 0.3) is 0 Å². The second kappa shape index (κ2) is 5.52. The van der Waals surface area contributed by atoms with Gasteiger partial charge >= 0.3 is 0 Å². The molecule has 0 saturated carbocycles. The van der Waals surface area contributed by atoms with Gasteiger partial charge in [-0.25, -0.2) is 0 Å². The van der Waals surface area contributed by atoms with Gasteiger partial charge in [0.15, 0.2) is 0 Å². The predicted molar refractivity (Wildman–Crippen MR) is 73.1 cm³/mol. The first kappa shape index (κ1) is 12.4. The molecule has 0 radical (unpaired) electrons. The highest BCUT2D eigenvalue weighted by molar-refractivity contribution is 9.10. The predicted octanol–water partition coefficient (Wildman–Crippen LogP) is 4.05. The molecule has 1 aromatic heterocycles. The molecule has 0 saturated heterocycles. The van der Waals surface area contributed by atoms with E-state index in [1.165, 1.54) is 11.1 Å². The van der Waals surface area contributed by atoms with Crippen LogP contribution in [0, 0.1) is 6.92 Å². The zero-order valence-electron chi connectivity index (χ0n) is 10.0. The number of furan rings is 1. The van der Waals surface area contributed by atoms with E-state index in [0.717, 1.165) is 16.8 Å². The minimum atomic E-state index is 0.101. The van der Waals surface area contributed by atoms with E-state index in [0.29, 0.717) is 0 Å². The van der Waals surface area contributed by atoms with Crippen molar-refractivity contribution in [1.82, 2.24) is 5.32 Å². The summed E-state index contributed by atoms with van der Waals surface area (Å²) in [6.07, 6.45) is 1.71. The Hall–Kier alpha value is -1.06. The molecule has 2 aromatic rings. The van der Waals surface area contributed by atoms with Crippen molar-refractivity contribution in [2.45, 2.75) is 19.9 Å². The van der Waals surface area contributed by atoms with Crippen molar-refractivity contribution in [1.29, 1.82) is 0 Å². The number of rotatable bonds is 4. The summed E-state index contributed by atoms with van der Waals surface area (Å²) in [5, 5.41) is 3.45. The van der Waals surface area contributed by atoms with Gasteiger partial charge in [0.05, 0.1) is 12.3 Å². The third kappa shape index (κ3) is 2.79. The molecule has 1 aromatic carbocycles. The summed E-state index contributed by atoms with van der Waals surface area (Å²) in [7, 11) is 0. The summed E-state index contributed by atoms with van der Waals surface area (Å²) < 4.78 is 6.62. The average molecular weight is 294 g/mol. The van der Waals surface area contributed by atoms with E-state index in [1.54, 1.807) is 6.26 Å². The molecule has 1 N–H and O–H groups in total. The summed E-state index contributed by atoms with van der Waals surface area (Å²) in [5.41, 5.74) is 2.46. The molecule has 2 rings (SSSR count). The minimum Gasteiger partial charge on any atom is -0.467 e. The lowest BCUT2D eigenvalue weighted by Crippen LogP contribution is -2.22. The van der Waals surface area contributed by atoms with Crippen LogP contribution >= 0.6 is 15.9 Å². The third-order valence-corrected chi connectivity index (χ3v) is 3.42. The van der Waals surface area contributed by atoms with Crippen LogP contribution < -0.4 is 5.32 Å². The molecule has 90 valence electrons. The topological polar surface area (TPSA) is 25.2 Å². The zero-order valence-corrected chi connectivity index (χ0v) is 11.6. The fourth-order valence-electron chi connectivity index (χ4n) is 1.91. The molecule has 0 amide bonds. The molecule has 0 aliphatic rings. The van der Waals surface area contributed by atoms with E-state index in [9.17, 15) is 0 Å². The van der Waals surface area contributed by atoms with E-state index in [4.69, 9.17) is 4.42 Å². The van der Waals surface area contributed by atoms with E-state index in [1.807, 2.05) is 12.1 Å². The summed E-state index contributed by atoms with van der Waals surface area (Å²) in [6.45, 7) is 5.09. The normalized spacial score (nSPS) is 12.6.